The molecule has 1 aromatic heterocycles. The summed E-state index contributed by atoms with van der Waals surface area (Å²) in [6, 6.07) is 25.6. The van der Waals surface area contributed by atoms with Crippen LogP contribution in [0.5, 0.6) is 5.88 Å². The minimum atomic E-state index is -1.32. The predicted octanol–water partition coefficient (Wildman–Crippen LogP) is 5.23. The molecular weight excluding hydrogens is 446 g/mol. The smallest absolute Gasteiger partial charge is 0.355 e. The first-order valence-corrected chi connectivity index (χ1v) is 10.8. The third-order valence-electron chi connectivity index (χ3n) is 4.96. The second-order valence-electron chi connectivity index (χ2n) is 6.85. The van der Waals surface area contributed by atoms with E-state index in [0.717, 1.165) is 0 Å². The van der Waals surface area contributed by atoms with Crippen molar-refractivity contribution in [1.82, 2.24) is 4.98 Å². The number of benzene rings is 3. The monoisotopic (exact) mass is 463 g/mol. The number of aromatic nitrogens is 1. The summed E-state index contributed by atoms with van der Waals surface area (Å²) in [6.45, 7) is 0. The number of hydrogen-bond acceptors (Lipinski definition) is 6. The van der Waals surface area contributed by atoms with Gasteiger partial charge in [0.05, 0.1) is 10.8 Å². The maximum absolute atomic E-state index is 12.7. The molecule has 8 heteroatoms. The van der Waals surface area contributed by atoms with Gasteiger partial charge in [-0.3, -0.25) is 0 Å². The number of carbonyl (C=O) groups is 1. The van der Waals surface area contributed by atoms with Gasteiger partial charge in [0.2, 0.25) is 0 Å². The van der Waals surface area contributed by atoms with E-state index in [1.54, 1.807) is 23.6 Å². The van der Waals surface area contributed by atoms with Crippen molar-refractivity contribution in [1.29, 1.82) is 0 Å². The number of carboxylic acids is 1. The Labute approximate surface area is 193 Å². The van der Waals surface area contributed by atoms with E-state index in [1.807, 2.05) is 66.7 Å². The van der Waals surface area contributed by atoms with Gasteiger partial charge in [0.25, 0.3) is 5.88 Å². The third-order valence-corrected chi connectivity index (χ3v) is 5.85. The van der Waals surface area contributed by atoms with Gasteiger partial charge in [0, 0.05) is 5.02 Å². The van der Waals surface area contributed by atoms with Crippen LogP contribution in [0.4, 0.5) is 5.13 Å². The van der Waals surface area contributed by atoms with E-state index in [4.69, 9.17) is 22.2 Å². The lowest BCUT2D eigenvalue weighted by Crippen LogP contribution is -2.43. The molecule has 0 saturated heterocycles. The fourth-order valence-electron chi connectivity index (χ4n) is 3.68. The van der Waals surface area contributed by atoms with Crippen LogP contribution in [0.25, 0.3) is 0 Å². The zero-order valence-electron chi connectivity index (χ0n) is 16.7. The normalized spacial score (nSPS) is 11.8. The van der Waals surface area contributed by atoms with Crippen molar-refractivity contribution in [3.05, 3.63) is 112 Å². The van der Waals surface area contributed by atoms with Gasteiger partial charge in [-0.05, 0) is 28.8 Å². The first-order chi connectivity index (χ1) is 15.5. The molecule has 0 saturated carbocycles. The molecule has 32 heavy (non-hydrogen) atoms. The first-order valence-electron chi connectivity index (χ1n) is 9.58. The van der Waals surface area contributed by atoms with Crippen LogP contribution in [0.2, 0.25) is 5.02 Å². The van der Waals surface area contributed by atoms with E-state index >= 15 is 0 Å². The first kappa shape index (κ1) is 21.5. The molecule has 0 spiro atoms. The topological polar surface area (TPSA) is 97.8 Å². The maximum atomic E-state index is 12.7. The highest BCUT2D eigenvalue weighted by molar-refractivity contribution is 7.13. The summed E-state index contributed by atoms with van der Waals surface area (Å²) in [7, 11) is 0. The molecule has 0 bridgehead atoms. The number of nitrogens with two attached hydrogens (primary N) is 1. The van der Waals surface area contributed by atoms with Gasteiger partial charge in [-0.2, -0.15) is 4.98 Å². The molecule has 0 amide bonds. The Bertz CT molecular complexity index is 1220. The Kier molecular flexibility index (Phi) is 6.20. The molecule has 0 atom stereocenters. The molecule has 4 rings (SSSR count). The number of hydrogen-bond donors (Lipinski definition) is 2. The fraction of sp³-hybridized carbons (Fsp3) is 0.0417. The van der Waals surface area contributed by atoms with Crippen LogP contribution < -0.4 is 10.6 Å². The molecule has 0 aliphatic heterocycles. The lowest BCUT2D eigenvalue weighted by molar-refractivity contribution is -0.129. The van der Waals surface area contributed by atoms with Crippen molar-refractivity contribution in [2.75, 3.05) is 5.73 Å². The van der Waals surface area contributed by atoms with Gasteiger partial charge in [-0.1, -0.05) is 89.6 Å². The highest BCUT2D eigenvalue weighted by Crippen LogP contribution is 2.42. The Balaban J connectivity index is 2.06. The zero-order chi connectivity index (χ0) is 22.6. The summed E-state index contributed by atoms with van der Waals surface area (Å²) < 4.78 is 0. The molecule has 4 aromatic rings. The molecule has 1 heterocycles. The van der Waals surface area contributed by atoms with Crippen LogP contribution >= 0.6 is 22.9 Å². The molecule has 0 fully saturated rings. The van der Waals surface area contributed by atoms with Crippen LogP contribution in [-0.4, -0.2) is 21.8 Å². The van der Waals surface area contributed by atoms with E-state index in [-0.39, 0.29) is 11.6 Å². The standard InChI is InChI=1S/C24H18ClN3O3S/c25-19-13-7-12-18(14-19)24(16-8-3-1-4-9-16,17-10-5-2-6-11-17)21(22(29)30)28-31-20-15-32-23(26)27-20/h1-15H,(H2,26,27)(H,29,30)/b28-21+. The number of thiazole rings is 1. The quantitative estimate of drug-likeness (QED) is 0.222. The van der Waals surface area contributed by atoms with Gasteiger partial charge in [0.15, 0.2) is 10.8 Å². The van der Waals surface area contributed by atoms with Crippen LogP contribution in [0.3, 0.4) is 0 Å². The number of nitrogen functional groups attached to an aromatic ring is 1. The van der Waals surface area contributed by atoms with Gasteiger partial charge in [-0.15, -0.1) is 11.3 Å². The van der Waals surface area contributed by atoms with Crippen LogP contribution in [0, 0.1) is 0 Å². The van der Waals surface area contributed by atoms with Gasteiger partial charge in [-0.25, -0.2) is 4.79 Å². The molecule has 0 unspecified atom stereocenters. The third kappa shape index (κ3) is 4.08. The Hall–Kier alpha value is -3.68. The summed E-state index contributed by atoms with van der Waals surface area (Å²) >= 11 is 7.52. The van der Waals surface area contributed by atoms with Gasteiger partial charge in [0.1, 0.15) is 0 Å². The Morgan fingerprint density at radius 2 is 1.56 bits per heavy atom. The van der Waals surface area contributed by atoms with E-state index in [9.17, 15) is 9.90 Å². The van der Waals surface area contributed by atoms with Crippen molar-refractivity contribution in [2.45, 2.75) is 5.41 Å². The van der Waals surface area contributed by atoms with Crippen molar-refractivity contribution < 1.29 is 14.7 Å². The number of aliphatic carboxylic acids is 1. The van der Waals surface area contributed by atoms with Gasteiger partial charge >= 0.3 is 5.97 Å². The summed E-state index contributed by atoms with van der Waals surface area (Å²) in [5.74, 6) is -1.13. The second kappa shape index (κ2) is 9.21. The summed E-state index contributed by atoms with van der Waals surface area (Å²) in [6.07, 6.45) is 0. The molecule has 0 radical (unpaired) electrons. The molecule has 3 aromatic carbocycles. The van der Waals surface area contributed by atoms with Crippen molar-refractivity contribution >= 4 is 39.8 Å². The van der Waals surface area contributed by atoms with Crippen LogP contribution in [-0.2, 0) is 10.2 Å². The predicted molar refractivity (Wildman–Crippen MR) is 126 cm³/mol. The fourth-order valence-corrected chi connectivity index (χ4v) is 4.33. The number of halogens is 1. The maximum Gasteiger partial charge on any atom is 0.355 e. The summed E-state index contributed by atoms with van der Waals surface area (Å²) in [4.78, 5) is 22.1. The van der Waals surface area contributed by atoms with E-state index in [1.165, 1.54) is 11.3 Å². The summed E-state index contributed by atoms with van der Waals surface area (Å²) in [5, 5.41) is 16.8. The number of carboxylic acid groups (broad SMARTS) is 1. The average molecular weight is 464 g/mol. The number of nitrogens with zero attached hydrogens (tertiary/aromatic N) is 2. The minimum absolute atomic E-state index is 0.118. The molecular formula is C24H18ClN3O3S. The molecule has 0 aliphatic carbocycles. The van der Waals surface area contributed by atoms with Crippen LogP contribution in [0.1, 0.15) is 16.7 Å². The van der Waals surface area contributed by atoms with Crippen molar-refractivity contribution in [2.24, 2.45) is 5.16 Å². The van der Waals surface area contributed by atoms with E-state index in [0.29, 0.717) is 26.8 Å². The number of anilines is 1. The molecule has 0 aliphatic rings. The second-order valence-corrected chi connectivity index (χ2v) is 8.18. The zero-order valence-corrected chi connectivity index (χ0v) is 18.3. The molecule has 3 N–H and O–H groups in total. The van der Waals surface area contributed by atoms with Gasteiger partial charge < -0.3 is 15.7 Å². The highest BCUT2D eigenvalue weighted by Gasteiger charge is 2.46. The van der Waals surface area contributed by atoms with Crippen molar-refractivity contribution in [3.63, 3.8) is 0 Å². The Morgan fingerprint density at radius 3 is 2.06 bits per heavy atom. The number of oxime groups is 1. The number of rotatable bonds is 7. The van der Waals surface area contributed by atoms with E-state index < -0.39 is 11.4 Å². The highest BCUT2D eigenvalue weighted by atomic mass is 35.5. The molecule has 160 valence electrons. The minimum Gasteiger partial charge on any atom is -0.477 e. The average Bonchev–Trinajstić information content (AvgIpc) is 3.22. The van der Waals surface area contributed by atoms with E-state index in [2.05, 4.69) is 10.1 Å². The molecule has 6 nitrogen and oxygen atoms in total. The lowest BCUT2D eigenvalue weighted by atomic mass is 9.66. The lowest BCUT2D eigenvalue weighted by Gasteiger charge is -2.35. The summed E-state index contributed by atoms with van der Waals surface area (Å²) in [5.41, 5.74) is 6.11. The Morgan fingerprint density at radius 1 is 0.969 bits per heavy atom. The van der Waals surface area contributed by atoms with Crippen molar-refractivity contribution in [3.8, 4) is 5.88 Å². The largest absolute Gasteiger partial charge is 0.477 e. The SMILES string of the molecule is Nc1nc(O/N=C(\C(=O)O)C(c2ccccc2)(c2ccccc2)c2cccc(Cl)c2)cs1. The van der Waals surface area contributed by atoms with Crippen LogP contribution in [0.15, 0.2) is 95.5 Å².